The monoisotopic (exact) mass is 402 g/mol. The largest absolute Gasteiger partial charge is 0.496 e. The number of likely N-dealkylation sites (tertiary alicyclic amines) is 1. The molecule has 0 atom stereocenters. The van der Waals surface area contributed by atoms with Crippen molar-refractivity contribution in [3.05, 3.63) is 53.6 Å². The van der Waals surface area contributed by atoms with Crippen LogP contribution in [-0.4, -0.2) is 39.4 Å². The normalized spacial score (nSPS) is 15.3. The molecule has 0 bridgehead atoms. The molecule has 6 nitrogen and oxygen atoms in total. The Kier molecular flexibility index (Phi) is 5.93. The maximum absolute atomic E-state index is 13.0. The first-order valence-corrected chi connectivity index (χ1v) is 10.9. The lowest BCUT2D eigenvalue weighted by atomic mass is 9.98. The van der Waals surface area contributed by atoms with E-state index in [2.05, 4.69) is 11.6 Å². The number of nitrogens with zero attached hydrogens (tertiary/aromatic N) is 1. The van der Waals surface area contributed by atoms with Crippen molar-refractivity contribution < 1.29 is 17.9 Å². The molecule has 0 unspecified atom stereocenters. The average Bonchev–Trinajstić information content (AvgIpc) is 2.69. The zero-order valence-corrected chi connectivity index (χ0v) is 17.3. The van der Waals surface area contributed by atoms with Crippen LogP contribution in [0.5, 0.6) is 5.75 Å². The Labute approximate surface area is 166 Å². The van der Waals surface area contributed by atoms with Crippen LogP contribution in [0, 0.1) is 12.8 Å². The second kappa shape index (κ2) is 8.22. The molecule has 0 aliphatic carbocycles. The molecule has 2 aromatic rings. The van der Waals surface area contributed by atoms with Crippen molar-refractivity contribution in [1.29, 1.82) is 0 Å². The van der Waals surface area contributed by atoms with Gasteiger partial charge in [-0.15, -0.1) is 0 Å². The molecule has 0 spiro atoms. The Morgan fingerprint density at radius 3 is 2.36 bits per heavy atom. The Bertz CT molecular complexity index is 947. The first kappa shape index (κ1) is 20.2. The van der Waals surface area contributed by atoms with E-state index in [1.807, 2.05) is 19.1 Å². The van der Waals surface area contributed by atoms with E-state index in [0.717, 1.165) is 18.4 Å². The Hall–Kier alpha value is -2.54. The van der Waals surface area contributed by atoms with Crippen molar-refractivity contribution in [3.8, 4) is 5.75 Å². The lowest BCUT2D eigenvalue weighted by Gasteiger charge is -2.30. The van der Waals surface area contributed by atoms with Gasteiger partial charge in [0.2, 0.25) is 0 Å². The maximum atomic E-state index is 13.0. The van der Waals surface area contributed by atoms with E-state index in [4.69, 9.17) is 4.74 Å². The summed E-state index contributed by atoms with van der Waals surface area (Å²) in [7, 11) is -2.35. The predicted octanol–water partition coefficient (Wildman–Crippen LogP) is 3.68. The number of sulfonamides is 1. The molecule has 1 N–H and O–H groups in total. The lowest BCUT2D eigenvalue weighted by Crippen LogP contribution is -2.38. The zero-order chi connectivity index (χ0) is 20.3. The molecule has 1 aliphatic heterocycles. The van der Waals surface area contributed by atoms with Gasteiger partial charge in [0, 0.05) is 18.8 Å². The van der Waals surface area contributed by atoms with Crippen LogP contribution in [0.3, 0.4) is 0 Å². The van der Waals surface area contributed by atoms with Crippen LogP contribution in [-0.2, 0) is 10.0 Å². The Morgan fingerprint density at radius 2 is 1.75 bits per heavy atom. The van der Waals surface area contributed by atoms with Gasteiger partial charge in [-0.05, 0) is 56.0 Å². The van der Waals surface area contributed by atoms with Crippen LogP contribution in [0.25, 0.3) is 0 Å². The van der Waals surface area contributed by atoms with Crippen LogP contribution in [0.1, 0.15) is 35.7 Å². The summed E-state index contributed by atoms with van der Waals surface area (Å²) >= 11 is 0. The SMILES string of the molecule is COc1ccc(S(=O)(=O)Nc2ccc(C)cc2)cc1C(=O)N1CCC(C)CC1. The van der Waals surface area contributed by atoms with Crippen LogP contribution < -0.4 is 9.46 Å². The van der Waals surface area contributed by atoms with Crippen molar-refractivity contribution in [1.82, 2.24) is 4.90 Å². The molecule has 1 heterocycles. The minimum atomic E-state index is -3.82. The minimum absolute atomic E-state index is 0.0302. The van der Waals surface area contributed by atoms with Gasteiger partial charge in [0.15, 0.2) is 0 Å². The van der Waals surface area contributed by atoms with Crippen molar-refractivity contribution in [3.63, 3.8) is 0 Å². The van der Waals surface area contributed by atoms with E-state index in [0.29, 0.717) is 30.4 Å². The second-order valence-corrected chi connectivity index (χ2v) is 8.99. The van der Waals surface area contributed by atoms with Crippen LogP contribution in [0.2, 0.25) is 0 Å². The molecule has 150 valence electrons. The van der Waals surface area contributed by atoms with Gasteiger partial charge in [-0.25, -0.2) is 8.42 Å². The minimum Gasteiger partial charge on any atom is -0.496 e. The molecule has 0 saturated carbocycles. The Balaban J connectivity index is 1.89. The molecule has 2 aromatic carbocycles. The molecule has 28 heavy (non-hydrogen) atoms. The van der Waals surface area contributed by atoms with Crippen molar-refractivity contribution >= 4 is 21.6 Å². The molecule has 1 saturated heterocycles. The van der Waals surface area contributed by atoms with Gasteiger partial charge in [0.1, 0.15) is 5.75 Å². The van der Waals surface area contributed by atoms with E-state index in [9.17, 15) is 13.2 Å². The predicted molar refractivity (Wildman–Crippen MR) is 109 cm³/mol. The van der Waals surface area contributed by atoms with Gasteiger partial charge in [0.05, 0.1) is 17.6 Å². The fourth-order valence-electron chi connectivity index (χ4n) is 3.24. The number of amides is 1. The molecule has 7 heteroatoms. The standard InChI is InChI=1S/C21H26N2O4S/c1-15-4-6-17(7-5-15)22-28(25,26)18-8-9-20(27-3)19(14-18)21(24)23-12-10-16(2)11-13-23/h4-9,14,16,22H,10-13H2,1-3H3. The molecule has 1 aliphatic rings. The number of carbonyl (C=O) groups excluding carboxylic acids is 1. The topological polar surface area (TPSA) is 75.7 Å². The van der Waals surface area contributed by atoms with Crippen LogP contribution in [0.4, 0.5) is 5.69 Å². The van der Waals surface area contributed by atoms with E-state index < -0.39 is 10.0 Å². The molecule has 3 rings (SSSR count). The van der Waals surface area contributed by atoms with E-state index in [1.54, 1.807) is 17.0 Å². The first-order valence-electron chi connectivity index (χ1n) is 9.37. The summed E-state index contributed by atoms with van der Waals surface area (Å²) in [6, 6.07) is 11.5. The number of piperidine rings is 1. The third-order valence-corrected chi connectivity index (χ3v) is 6.47. The lowest BCUT2D eigenvalue weighted by molar-refractivity contribution is 0.0693. The van der Waals surface area contributed by atoms with Gasteiger partial charge in [-0.1, -0.05) is 24.6 Å². The number of hydrogen-bond acceptors (Lipinski definition) is 4. The zero-order valence-electron chi connectivity index (χ0n) is 16.4. The number of aryl methyl sites for hydroxylation is 1. The second-order valence-electron chi connectivity index (χ2n) is 7.31. The van der Waals surface area contributed by atoms with E-state index in [1.165, 1.54) is 25.3 Å². The highest BCUT2D eigenvalue weighted by Crippen LogP contribution is 2.27. The number of nitrogens with one attached hydrogen (secondary N) is 1. The van der Waals surface area contributed by atoms with Crippen molar-refractivity contribution in [2.45, 2.75) is 31.6 Å². The first-order chi connectivity index (χ1) is 13.3. The van der Waals surface area contributed by atoms with Gasteiger partial charge in [-0.2, -0.15) is 0 Å². The van der Waals surface area contributed by atoms with Crippen LogP contribution >= 0.6 is 0 Å². The highest BCUT2D eigenvalue weighted by Gasteiger charge is 2.26. The third kappa shape index (κ3) is 4.47. The van der Waals surface area contributed by atoms with Crippen molar-refractivity contribution in [2.24, 2.45) is 5.92 Å². The van der Waals surface area contributed by atoms with E-state index >= 15 is 0 Å². The summed E-state index contributed by atoms with van der Waals surface area (Å²) < 4.78 is 33.5. The number of benzene rings is 2. The number of carbonyl (C=O) groups is 1. The quantitative estimate of drug-likeness (QED) is 0.828. The van der Waals surface area contributed by atoms with Crippen LogP contribution in [0.15, 0.2) is 47.4 Å². The number of methoxy groups -OCH3 is 1. The fraction of sp³-hybridized carbons (Fsp3) is 0.381. The summed E-state index contributed by atoms with van der Waals surface area (Å²) in [5.41, 5.74) is 1.78. The third-order valence-electron chi connectivity index (χ3n) is 5.09. The number of anilines is 1. The molecular formula is C21H26N2O4S. The average molecular weight is 403 g/mol. The highest BCUT2D eigenvalue weighted by molar-refractivity contribution is 7.92. The molecule has 1 fully saturated rings. The van der Waals surface area contributed by atoms with Gasteiger partial charge in [0.25, 0.3) is 15.9 Å². The highest BCUT2D eigenvalue weighted by atomic mass is 32.2. The molecule has 1 amide bonds. The van der Waals surface area contributed by atoms with Gasteiger partial charge in [-0.3, -0.25) is 9.52 Å². The smallest absolute Gasteiger partial charge is 0.261 e. The number of ether oxygens (including phenoxy) is 1. The van der Waals surface area contributed by atoms with Crippen molar-refractivity contribution in [2.75, 3.05) is 24.9 Å². The fourth-order valence-corrected chi connectivity index (χ4v) is 4.32. The van der Waals surface area contributed by atoms with Gasteiger partial charge < -0.3 is 9.64 Å². The molecular weight excluding hydrogens is 376 g/mol. The Morgan fingerprint density at radius 1 is 1.11 bits per heavy atom. The summed E-state index contributed by atoms with van der Waals surface area (Å²) in [6.45, 7) is 5.44. The number of hydrogen-bond donors (Lipinski definition) is 1. The summed E-state index contributed by atoms with van der Waals surface area (Å²) in [5.74, 6) is 0.769. The molecule has 0 aromatic heterocycles. The maximum Gasteiger partial charge on any atom is 0.261 e. The summed E-state index contributed by atoms with van der Waals surface area (Å²) in [6.07, 6.45) is 1.89. The molecule has 0 radical (unpaired) electrons. The van der Waals surface area contributed by atoms with E-state index in [-0.39, 0.29) is 16.4 Å². The number of rotatable bonds is 5. The van der Waals surface area contributed by atoms with Gasteiger partial charge >= 0.3 is 0 Å². The summed E-state index contributed by atoms with van der Waals surface area (Å²) in [5, 5.41) is 0. The summed E-state index contributed by atoms with van der Waals surface area (Å²) in [4.78, 5) is 14.8.